The fourth-order valence-electron chi connectivity index (χ4n) is 1.24. The van der Waals surface area contributed by atoms with Crippen LogP contribution in [0.15, 0.2) is 10.9 Å². The summed E-state index contributed by atoms with van der Waals surface area (Å²) in [5, 5.41) is 8.51. The van der Waals surface area contributed by atoms with Crippen molar-refractivity contribution in [1.82, 2.24) is 4.98 Å². The molecule has 1 rings (SSSR count). The number of aromatic nitrogens is 1. The van der Waals surface area contributed by atoms with Crippen molar-refractivity contribution in [2.45, 2.75) is 18.7 Å². The van der Waals surface area contributed by atoms with Gasteiger partial charge in [-0.1, -0.05) is 0 Å². The van der Waals surface area contributed by atoms with Gasteiger partial charge in [0, 0.05) is 11.8 Å². The van der Waals surface area contributed by atoms with Crippen molar-refractivity contribution in [3.05, 3.63) is 27.7 Å². The summed E-state index contributed by atoms with van der Waals surface area (Å²) in [4.78, 5) is 24.1. The van der Waals surface area contributed by atoms with E-state index in [0.29, 0.717) is 0 Å². The summed E-state index contributed by atoms with van der Waals surface area (Å²) in [6.45, 7) is 0. The van der Waals surface area contributed by atoms with E-state index in [2.05, 4.69) is 9.72 Å². The number of halogens is 4. The molecule has 0 radical (unpaired) electrons. The molecule has 0 amide bonds. The van der Waals surface area contributed by atoms with E-state index in [4.69, 9.17) is 16.7 Å². The number of hydrogen-bond donors (Lipinski definition) is 2. The number of carbonyl (C=O) groups is 1. The summed E-state index contributed by atoms with van der Waals surface area (Å²) in [6, 6.07) is 0.727. The Morgan fingerprint density at radius 1 is 1.50 bits per heavy atom. The molecule has 0 aromatic carbocycles. The minimum atomic E-state index is -5.03. The van der Waals surface area contributed by atoms with Crippen molar-refractivity contribution >= 4 is 17.6 Å². The van der Waals surface area contributed by atoms with Gasteiger partial charge in [-0.05, 0) is 0 Å². The van der Waals surface area contributed by atoms with E-state index in [1.165, 1.54) is 0 Å². The first-order valence-electron chi connectivity index (χ1n) is 4.51. The molecule has 0 atom stereocenters. The van der Waals surface area contributed by atoms with Crippen LogP contribution in [0.5, 0.6) is 5.75 Å². The van der Waals surface area contributed by atoms with E-state index < -0.39 is 35.8 Å². The second-order valence-corrected chi connectivity index (χ2v) is 3.49. The third-order valence-corrected chi connectivity index (χ3v) is 2.08. The molecule has 0 saturated carbocycles. The highest BCUT2D eigenvalue weighted by molar-refractivity contribution is 6.17. The Morgan fingerprint density at radius 3 is 2.56 bits per heavy atom. The first kappa shape index (κ1) is 14.4. The van der Waals surface area contributed by atoms with Crippen LogP contribution in [-0.4, -0.2) is 22.4 Å². The van der Waals surface area contributed by atoms with Gasteiger partial charge in [-0.3, -0.25) is 9.59 Å². The van der Waals surface area contributed by atoms with Crippen LogP contribution in [0.4, 0.5) is 13.2 Å². The highest BCUT2D eigenvalue weighted by Gasteiger charge is 2.33. The van der Waals surface area contributed by atoms with E-state index in [9.17, 15) is 22.8 Å². The summed E-state index contributed by atoms with van der Waals surface area (Å²) >= 11 is 5.38. The maximum absolute atomic E-state index is 12.0. The van der Waals surface area contributed by atoms with Crippen LogP contribution in [0.25, 0.3) is 0 Å². The zero-order valence-corrected chi connectivity index (χ0v) is 9.43. The van der Waals surface area contributed by atoms with Crippen molar-refractivity contribution in [1.29, 1.82) is 0 Å². The molecule has 2 N–H and O–H groups in total. The van der Waals surface area contributed by atoms with Crippen LogP contribution in [0.1, 0.15) is 11.4 Å². The Kier molecular flexibility index (Phi) is 4.23. The molecule has 0 saturated heterocycles. The van der Waals surface area contributed by atoms with E-state index >= 15 is 0 Å². The van der Waals surface area contributed by atoms with Crippen molar-refractivity contribution in [2.75, 3.05) is 0 Å². The molecule has 0 aliphatic heterocycles. The summed E-state index contributed by atoms with van der Waals surface area (Å²) in [5.41, 5.74) is -1.46. The Bertz CT molecular complexity index is 512. The van der Waals surface area contributed by atoms with E-state index in [0.717, 1.165) is 6.07 Å². The molecule has 1 aromatic rings. The average molecular weight is 286 g/mol. The fraction of sp³-hybridized carbons (Fsp3) is 0.333. The number of carboxylic acid groups (broad SMARTS) is 1. The minimum Gasteiger partial charge on any atom is -0.481 e. The van der Waals surface area contributed by atoms with Gasteiger partial charge in [0.05, 0.1) is 18.0 Å². The van der Waals surface area contributed by atoms with Crippen LogP contribution in [0.2, 0.25) is 0 Å². The van der Waals surface area contributed by atoms with Crippen LogP contribution >= 0.6 is 11.6 Å². The zero-order valence-electron chi connectivity index (χ0n) is 8.68. The number of H-pyrrole nitrogens is 1. The lowest BCUT2D eigenvalue weighted by Crippen LogP contribution is -2.24. The van der Waals surface area contributed by atoms with Gasteiger partial charge in [0.1, 0.15) is 0 Å². The van der Waals surface area contributed by atoms with Crippen LogP contribution in [0, 0.1) is 0 Å². The predicted molar refractivity (Wildman–Crippen MR) is 54.6 cm³/mol. The minimum absolute atomic E-state index is 0.0577. The number of carboxylic acids is 1. The van der Waals surface area contributed by atoms with Gasteiger partial charge in [0.15, 0.2) is 5.75 Å². The normalized spacial score (nSPS) is 11.3. The number of ether oxygens (including phenoxy) is 1. The summed E-state index contributed by atoms with van der Waals surface area (Å²) in [5.74, 6) is -2.67. The highest BCUT2D eigenvalue weighted by atomic mass is 35.5. The van der Waals surface area contributed by atoms with Crippen LogP contribution < -0.4 is 10.2 Å². The Balaban J connectivity index is 3.20. The molecule has 1 aromatic heterocycles. The van der Waals surface area contributed by atoms with E-state index in [1.807, 2.05) is 0 Å². The lowest BCUT2D eigenvalue weighted by molar-refractivity contribution is -0.275. The summed E-state index contributed by atoms with van der Waals surface area (Å²) in [7, 11) is 0. The van der Waals surface area contributed by atoms with Crippen molar-refractivity contribution in [3.63, 3.8) is 0 Å². The van der Waals surface area contributed by atoms with Gasteiger partial charge in [0.25, 0.3) is 0 Å². The number of aromatic amines is 1. The predicted octanol–water partition coefficient (Wildman–Crippen LogP) is 1.64. The molecular weight excluding hydrogens is 279 g/mol. The molecule has 5 nitrogen and oxygen atoms in total. The van der Waals surface area contributed by atoms with E-state index in [-0.39, 0.29) is 11.4 Å². The molecule has 9 heteroatoms. The van der Waals surface area contributed by atoms with Crippen molar-refractivity contribution in [3.8, 4) is 5.75 Å². The van der Waals surface area contributed by atoms with Crippen molar-refractivity contribution in [2.24, 2.45) is 0 Å². The van der Waals surface area contributed by atoms with Crippen LogP contribution in [0.3, 0.4) is 0 Å². The summed E-state index contributed by atoms with van der Waals surface area (Å²) < 4.78 is 39.6. The number of aliphatic carboxylic acids is 1. The molecule has 0 fully saturated rings. The topological polar surface area (TPSA) is 79.4 Å². The van der Waals surface area contributed by atoms with Gasteiger partial charge in [-0.2, -0.15) is 0 Å². The van der Waals surface area contributed by atoms with Gasteiger partial charge < -0.3 is 14.8 Å². The number of pyridine rings is 1. The second-order valence-electron chi connectivity index (χ2n) is 3.22. The smallest absolute Gasteiger partial charge is 0.481 e. The molecule has 1 heterocycles. The third-order valence-electron chi connectivity index (χ3n) is 1.81. The zero-order chi connectivity index (χ0) is 13.9. The van der Waals surface area contributed by atoms with Crippen molar-refractivity contribution < 1.29 is 27.8 Å². The Hall–Kier alpha value is -1.70. The van der Waals surface area contributed by atoms with Crippen LogP contribution in [-0.2, 0) is 17.1 Å². The lowest BCUT2D eigenvalue weighted by atomic mass is 10.2. The molecule has 0 aliphatic rings. The highest BCUT2D eigenvalue weighted by Crippen LogP contribution is 2.23. The lowest BCUT2D eigenvalue weighted by Gasteiger charge is -2.12. The SMILES string of the molecule is O=C(O)Cc1cc(=O)c(OC(F)(F)F)c(CCl)[nH]1. The Morgan fingerprint density at radius 2 is 2.11 bits per heavy atom. The molecule has 0 spiro atoms. The van der Waals surface area contributed by atoms with Gasteiger partial charge >= 0.3 is 12.3 Å². The van der Waals surface area contributed by atoms with Gasteiger partial charge in [0.2, 0.25) is 5.43 Å². The van der Waals surface area contributed by atoms with Gasteiger partial charge in [-0.25, -0.2) is 0 Å². The third kappa shape index (κ3) is 3.95. The van der Waals surface area contributed by atoms with E-state index in [1.54, 1.807) is 0 Å². The monoisotopic (exact) mass is 285 g/mol. The largest absolute Gasteiger partial charge is 0.573 e. The maximum Gasteiger partial charge on any atom is 0.573 e. The maximum atomic E-state index is 12.0. The summed E-state index contributed by atoms with van der Waals surface area (Å²) in [6.07, 6.45) is -5.56. The number of nitrogens with one attached hydrogen (secondary N) is 1. The number of alkyl halides is 4. The molecule has 0 bridgehead atoms. The number of hydrogen-bond acceptors (Lipinski definition) is 3. The Labute approximate surface area is 103 Å². The number of rotatable bonds is 4. The average Bonchev–Trinajstić information content (AvgIpc) is 2.19. The molecule has 100 valence electrons. The first-order valence-corrected chi connectivity index (χ1v) is 5.05. The fourth-order valence-corrected chi connectivity index (χ4v) is 1.43. The standard InChI is InChI=1S/C9H7ClF3NO4/c10-3-5-8(18-9(11,12)13)6(15)1-4(14-5)2-7(16)17/h1H,2-3H2,(H,14,15)(H,16,17). The second kappa shape index (κ2) is 5.30. The quantitative estimate of drug-likeness (QED) is 0.824. The van der Waals surface area contributed by atoms with Gasteiger partial charge in [-0.15, -0.1) is 24.8 Å². The first-order chi connectivity index (χ1) is 8.23. The molecule has 18 heavy (non-hydrogen) atoms. The molecule has 0 unspecified atom stereocenters. The molecule has 0 aliphatic carbocycles. The molecular formula is C9H7ClF3NO4.